The van der Waals surface area contributed by atoms with Crippen LogP contribution in [0.1, 0.15) is 81.4 Å². The van der Waals surface area contributed by atoms with Gasteiger partial charge in [-0.15, -0.1) is 11.6 Å². The number of alkyl halides is 3. The first-order valence-corrected chi connectivity index (χ1v) is 18.2. The lowest BCUT2D eigenvalue weighted by Crippen LogP contribution is -2.65. The Labute approximate surface area is 297 Å². The Morgan fingerprint density at radius 2 is 1.84 bits per heavy atom. The minimum atomic E-state index is -2.80. The lowest BCUT2D eigenvalue weighted by Gasteiger charge is -2.59. The van der Waals surface area contributed by atoms with Crippen molar-refractivity contribution in [3.63, 3.8) is 0 Å². The Morgan fingerprint density at radius 3 is 2.54 bits per heavy atom. The van der Waals surface area contributed by atoms with E-state index in [9.17, 15) is 18.0 Å². The van der Waals surface area contributed by atoms with Crippen LogP contribution in [0, 0.1) is 11.2 Å². The Bertz CT molecular complexity index is 1660. The molecule has 1 saturated heterocycles. The molecule has 270 valence electrons. The number of rotatable bonds is 11. The number of halogens is 4. The summed E-state index contributed by atoms with van der Waals surface area (Å²) in [7, 11) is 0. The molecule has 3 fully saturated rings. The number of aromatic nitrogens is 3. The van der Waals surface area contributed by atoms with E-state index in [1.54, 1.807) is 13.8 Å². The number of ether oxygens (including phenoxy) is 2. The average Bonchev–Trinajstić information content (AvgIpc) is 3.05. The van der Waals surface area contributed by atoms with Gasteiger partial charge in [-0.05, 0) is 63.9 Å². The predicted octanol–water partition coefficient (Wildman–Crippen LogP) is 7.51. The van der Waals surface area contributed by atoms with Gasteiger partial charge in [0.05, 0.1) is 11.8 Å². The number of pyridine rings is 1. The SMILES string of the molecule is CC.CC(C)N(C(=O)c1cc(F)ccc1Oc1cncnc1N1CC2(CC(Oc3ccnc4c3CN(CCCCl)CC4)C2)C1)C1CC(F)(F)C1. The minimum Gasteiger partial charge on any atom is -0.490 e. The molecule has 4 heterocycles. The summed E-state index contributed by atoms with van der Waals surface area (Å²) in [6.07, 6.45) is 7.78. The van der Waals surface area contributed by atoms with Gasteiger partial charge in [0.1, 0.15) is 29.7 Å². The van der Waals surface area contributed by atoms with Crippen LogP contribution in [-0.4, -0.2) is 86.8 Å². The molecule has 2 aliphatic carbocycles. The summed E-state index contributed by atoms with van der Waals surface area (Å²) in [5, 5.41) is 0. The monoisotopic (exact) mass is 714 g/mol. The molecule has 2 aromatic heterocycles. The molecule has 0 N–H and O–H groups in total. The number of fused-ring (bicyclic) bond motifs is 1. The largest absolute Gasteiger partial charge is 0.490 e. The highest BCUT2D eigenvalue weighted by atomic mass is 35.5. The fourth-order valence-electron chi connectivity index (χ4n) is 7.68. The van der Waals surface area contributed by atoms with E-state index in [0.717, 1.165) is 75.9 Å². The first kappa shape index (κ1) is 36.2. The van der Waals surface area contributed by atoms with Crippen molar-refractivity contribution >= 4 is 23.3 Å². The third kappa shape index (κ3) is 7.51. The van der Waals surface area contributed by atoms with Crippen LogP contribution in [0.15, 0.2) is 43.0 Å². The first-order chi connectivity index (χ1) is 24.0. The first-order valence-electron chi connectivity index (χ1n) is 17.7. The van der Waals surface area contributed by atoms with Gasteiger partial charge >= 0.3 is 0 Å². The van der Waals surface area contributed by atoms with Gasteiger partial charge in [-0.25, -0.2) is 23.1 Å². The van der Waals surface area contributed by atoms with Crippen molar-refractivity contribution in [1.29, 1.82) is 0 Å². The summed E-state index contributed by atoms with van der Waals surface area (Å²) in [5.74, 6) is -1.40. The summed E-state index contributed by atoms with van der Waals surface area (Å²) < 4.78 is 54.6. The topological polar surface area (TPSA) is 83.9 Å². The van der Waals surface area contributed by atoms with Crippen molar-refractivity contribution in [3.8, 4) is 17.2 Å². The number of anilines is 1. The van der Waals surface area contributed by atoms with Crippen LogP contribution in [0.3, 0.4) is 0 Å². The lowest BCUT2D eigenvalue weighted by atomic mass is 9.61. The Hall–Kier alpha value is -3.64. The average molecular weight is 715 g/mol. The molecule has 0 atom stereocenters. The Balaban J connectivity index is 0.00000212. The van der Waals surface area contributed by atoms with E-state index in [1.165, 1.54) is 35.1 Å². The van der Waals surface area contributed by atoms with Crippen molar-refractivity contribution in [2.75, 3.05) is 37.0 Å². The molecule has 0 unspecified atom stereocenters. The molecule has 1 spiro atoms. The zero-order valence-corrected chi connectivity index (χ0v) is 29.9. The molecule has 4 aliphatic rings. The maximum Gasteiger partial charge on any atom is 0.258 e. The Kier molecular flexibility index (Phi) is 10.8. The second kappa shape index (κ2) is 14.9. The normalized spacial score (nSPS) is 19.4. The molecule has 2 aliphatic heterocycles. The van der Waals surface area contributed by atoms with E-state index in [0.29, 0.717) is 17.4 Å². The molecule has 1 aromatic carbocycles. The van der Waals surface area contributed by atoms with Gasteiger partial charge in [-0.2, -0.15) is 0 Å². The van der Waals surface area contributed by atoms with Gasteiger partial charge in [0.15, 0.2) is 11.6 Å². The van der Waals surface area contributed by atoms with Gasteiger partial charge in [0.2, 0.25) is 0 Å². The van der Waals surface area contributed by atoms with Crippen LogP contribution in [0.5, 0.6) is 17.2 Å². The number of benzene rings is 1. The number of carbonyl (C=O) groups is 1. The molecule has 0 radical (unpaired) electrons. The van der Waals surface area contributed by atoms with E-state index in [2.05, 4.69) is 24.8 Å². The van der Waals surface area contributed by atoms with Crippen LogP contribution in [-0.2, 0) is 13.0 Å². The smallest absolute Gasteiger partial charge is 0.258 e. The van der Waals surface area contributed by atoms with Crippen LogP contribution in [0.25, 0.3) is 0 Å². The molecule has 3 aromatic rings. The van der Waals surface area contributed by atoms with Gasteiger partial charge in [-0.3, -0.25) is 14.7 Å². The summed E-state index contributed by atoms with van der Waals surface area (Å²) in [5.41, 5.74) is 2.36. The van der Waals surface area contributed by atoms with E-state index >= 15 is 0 Å². The maximum absolute atomic E-state index is 14.4. The van der Waals surface area contributed by atoms with Gasteiger partial charge in [-0.1, -0.05) is 13.8 Å². The highest BCUT2D eigenvalue weighted by molar-refractivity contribution is 6.17. The molecule has 0 bridgehead atoms. The molecule has 2 saturated carbocycles. The fraction of sp³-hybridized carbons (Fsp3) is 0.568. The van der Waals surface area contributed by atoms with Crippen molar-refractivity contribution in [2.45, 2.75) is 96.9 Å². The number of nitrogens with zero attached hydrogens (tertiary/aromatic N) is 6. The summed E-state index contributed by atoms with van der Waals surface area (Å²) >= 11 is 5.93. The molecular weight excluding hydrogens is 669 g/mol. The van der Waals surface area contributed by atoms with Crippen LogP contribution < -0.4 is 14.4 Å². The zero-order chi connectivity index (χ0) is 35.6. The number of carbonyl (C=O) groups excluding carboxylic acids is 1. The van der Waals surface area contributed by atoms with Gasteiger partial charge in [0.25, 0.3) is 11.8 Å². The third-order valence-electron chi connectivity index (χ3n) is 10.0. The van der Waals surface area contributed by atoms with Crippen LogP contribution in [0.2, 0.25) is 0 Å². The second-order valence-electron chi connectivity index (χ2n) is 14.0. The van der Waals surface area contributed by atoms with E-state index < -0.39 is 36.5 Å². The Morgan fingerprint density at radius 1 is 1.08 bits per heavy atom. The fourth-order valence-corrected chi connectivity index (χ4v) is 7.80. The standard InChI is InChI=1S/C35H40ClF3N6O3.C2H6/c1-22(2)45(24-13-35(38,39)14-24)33(46)26-12-23(37)4-5-29(26)48-31-17-40-21-42-32(31)44-19-34(20-44)15-25(16-34)47-30-6-9-41-28-7-11-43(10-3-8-36)18-27(28)30;1-2/h4-6,9,12,17,21-22,24-25H,3,7-8,10-11,13-16,18-20H2,1-2H3;1-2H3. The summed E-state index contributed by atoms with van der Waals surface area (Å²) in [4.78, 5) is 32.8. The minimum absolute atomic E-state index is 0.0340. The van der Waals surface area contributed by atoms with Crippen molar-refractivity contribution < 1.29 is 27.4 Å². The molecular formula is C37H46ClF3N6O3. The highest BCUT2D eigenvalue weighted by Crippen LogP contribution is 2.52. The summed E-state index contributed by atoms with van der Waals surface area (Å²) in [6.45, 7) is 11.8. The molecule has 1 amide bonds. The maximum atomic E-state index is 14.4. The number of hydrogen-bond acceptors (Lipinski definition) is 8. The lowest BCUT2D eigenvalue weighted by molar-refractivity contribution is -0.120. The number of amides is 1. The van der Waals surface area contributed by atoms with E-state index in [4.69, 9.17) is 21.1 Å². The molecule has 50 heavy (non-hydrogen) atoms. The molecule has 9 nitrogen and oxygen atoms in total. The summed E-state index contributed by atoms with van der Waals surface area (Å²) in [6, 6.07) is 4.66. The van der Waals surface area contributed by atoms with Crippen molar-refractivity contribution in [1.82, 2.24) is 24.8 Å². The van der Waals surface area contributed by atoms with Gasteiger partial charge in [0, 0.05) is 86.3 Å². The van der Waals surface area contributed by atoms with Crippen molar-refractivity contribution in [3.05, 3.63) is 65.6 Å². The van der Waals surface area contributed by atoms with Gasteiger partial charge < -0.3 is 19.3 Å². The third-order valence-corrected chi connectivity index (χ3v) is 10.3. The quantitative estimate of drug-likeness (QED) is 0.189. The predicted molar refractivity (Wildman–Crippen MR) is 186 cm³/mol. The van der Waals surface area contributed by atoms with Crippen LogP contribution in [0.4, 0.5) is 19.0 Å². The van der Waals surface area contributed by atoms with E-state index in [-0.39, 0.29) is 28.9 Å². The zero-order valence-electron chi connectivity index (χ0n) is 29.2. The highest BCUT2D eigenvalue weighted by Gasteiger charge is 2.54. The van der Waals surface area contributed by atoms with E-state index in [1.807, 2.05) is 26.1 Å². The molecule has 13 heteroatoms. The second-order valence-corrected chi connectivity index (χ2v) is 14.4. The molecule has 7 rings (SSSR count). The number of hydrogen-bond donors (Lipinski definition) is 0. The van der Waals surface area contributed by atoms with Crippen LogP contribution >= 0.6 is 11.6 Å². The van der Waals surface area contributed by atoms with Crippen molar-refractivity contribution in [2.24, 2.45) is 5.41 Å².